The van der Waals surface area contributed by atoms with E-state index >= 15 is 0 Å². The molecule has 3 rings (SSSR count). The zero-order valence-electron chi connectivity index (χ0n) is 17.8. The first kappa shape index (κ1) is 23.4. The largest absolute Gasteiger partial charge is 0.491 e. The standard InChI is InChI=1S/C23H26F3N3O3/c1-2-11-32-20-9-8-18(23(24,25)26)13-19(20)28-22(31)27-14-16-5-3-6-17(12-16)15-29-10-4-7-21(29)30/h3,5-6,8-9,12-13H,2,4,7,10-11,14-15H2,1H3,(H2,27,28,31). The average Bonchev–Trinajstić information content (AvgIpc) is 3.15. The number of alkyl halides is 3. The first-order chi connectivity index (χ1) is 15.3. The van der Waals surface area contributed by atoms with Gasteiger partial charge in [-0.3, -0.25) is 4.79 Å². The third-order valence-electron chi connectivity index (χ3n) is 5.01. The minimum atomic E-state index is -4.53. The predicted molar refractivity (Wildman–Crippen MR) is 114 cm³/mol. The number of carbonyl (C=O) groups is 2. The van der Waals surface area contributed by atoms with Crippen molar-refractivity contribution in [2.45, 2.75) is 45.5 Å². The van der Waals surface area contributed by atoms with Gasteiger partial charge in [0.05, 0.1) is 17.9 Å². The third-order valence-corrected chi connectivity index (χ3v) is 5.01. The van der Waals surface area contributed by atoms with Gasteiger partial charge in [-0.15, -0.1) is 0 Å². The summed E-state index contributed by atoms with van der Waals surface area (Å²) in [4.78, 5) is 26.0. The molecular formula is C23H26F3N3O3. The zero-order chi connectivity index (χ0) is 23.1. The number of carbonyl (C=O) groups excluding carboxylic acids is 2. The van der Waals surface area contributed by atoms with Crippen LogP contribution in [0.5, 0.6) is 5.75 Å². The zero-order valence-corrected chi connectivity index (χ0v) is 17.8. The molecule has 172 valence electrons. The Morgan fingerprint density at radius 2 is 1.94 bits per heavy atom. The normalized spacial score (nSPS) is 13.9. The van der Waals surface area contributed by atoms with Crippen molar-refractivity contribution in [2.24, 2.45) is 0 Å². The van der Waals surface area contributed by atoms with Gasteiger partial charge in [0.2, 0.25) is 5.91 Å². The lowest BCUT2D eigenvalue weighted by molar-refractivity contribution is -0.137. The van der Waals surface area contributed by atoms with E-state index in [9.17, 15) is 22.8 Å². The van der Waals surface area contributed by atoms with Gasteiger partial charge in [0.1, 0.15) is 5.75 Å². The molecule has 1 heterocycles. The van der Waals surface area contributed by atoms with Crippen LogP contribution in [-0.4, -0.2) is 30.0 Å². The van der Waals surface area contributed by atoms with Gasteiger partial charge in [-0.25, -0.2) is 4.79 Å². The summed E-state index contributed by atoms with van der Waals surface area (Å²) < 4.78 is 44.7. The molecule has 0 spiro atoms. The molecule has 1 saturated heterocycles. The Labute approximate surface area is 184 Å². The van der Waals surface area contributed by atoms with Crippen molar-refractivity contribution in [2.75, 3.05) is 18.5 Å². The molecule has 0 aliphatic carbocycles. The second kappa shape index (κ2) is 10.4. The van der Waals surface area contributed by atoms with Crippen LogP contribution >= 0.6 is 0 Å². The first-order valence-corrected chi connectivity index (χ1v) is 10.5. The van der Waals surface area contributed by atoms with Crippen LogP contribution in [0.2, 0.25) is 0 Å². The Balaban J connectivity index is 1.63. The SMILES string of the molecule is CCCOc1ccc(C(F)(F)F)cc1NC(=O)NCc1cccc(CN2CCCC2=O)c1. The smallest absolute Gasteiger partial charge is 0.416 e. The summed E-state index contributed by atoms with van der Waals surface area (Å²) in [7, 11) is 0. The Morgan fingerprint density at radius 3 is 2.62 bits per heavy atom. The van der Waals surface area contributed by atoms with Gasteiger partial charge >= 0.3 is 12.2 Å². The molecule has 0 atom stereocenters. The number of urea groups is 1. The number of nitrogens with one attached hydrogen (secondary N) is 2. The highest BCUT2D eigenvalue weighted by molar-refractivity contribution is 5.91. The summed E-state index contributed by atoms with van der Waals surface area (Å²) >= 11 is 0. The molecule has 3 amide bonds. The summed E-state index contributed by atoms with van der Waals surface area (Å²) in [5, 5.41) is 5.10. The van der Waals surface area contributed by atoms with E-state index in [1.54, 1.807) is 4.90 Å². The number of anilines is 1. The molecule has 9 heteroatoms. The molecule has 0 saturated carbocycles. The van der Waals surface area contributed by atoms with Crippen LogP contribution in [0, 0.1) is 0 Å². The molecule has 6 nitrogen and oxygen atoms in total. The second-order valence-corrected chi connectivity index (χ2v) is 7.60. The van der Waals surface area contributed by atoms with Gasteiger partial charge in [0.15, 0.2) is 0 Å². The molecule has 32 heavy (non-hydrogen) atoms. The summed E-state index contributed by atoms with van der Waals surface area (Å²) in [5.41, 5.74) is 0.844. The molecule has 1 aliphatic heterocycles. The molecule has 0 unspecified atom stereocenters. The van der Waals surface area contributed by atoms with Crippen LogP contribution in [0.1, 0.15) is 42.9 Å². The first-order valence-electron chi connectivity index (χ1n) is 10.5. The highest BCUT2D eigenvalue weighted by Crippen LogP contribution is 2.35. The van der Waals surface area contributed by atoms with Crippen LogP contribution in [-0.2, 0) is 24.1 Å². The summed E-state index contributed by atoms with van der Waals surface area (Å²) in [6.45, 7) is 3.62. The van der Waals surface area contributed by atoms with Gasteiger partial charge < -0.3 is 20.3 Å². The Morgan fingerprint density at radius 1 is 1.16 bits per heavy atom. The maximum absolute atomic E-state index is 13.1. The van der Waals surface area contributed by atoms with Crippen molar-refractivity contribution in [1.29, 1.82) is 0 Å². The number of rotatable bonds is 8. The van der Waals surface area contributed by atoms with E-state index in [0.717, 1.165) is 36.2 Å². The van der Waals surface area contributed by atoms with Gasteiger partial charge in [0, 0.05) is 26.1 Å². The minimum absolute atomic E-state index is 0.0490. The molecule has 0 bridgehead atoms. The highest BCUT2D eigenvalue weighted by atomic mass is 19.4. The Bertz CT molecular complexity index is 963. The number of ether oxygens (including phenoxy) is 1. The van der Waals surface area contributed by atoms with E-state index in [1.807, 2.05) is 31.2 Å². The average molecular weight is 449 g/mol. The van der Waals surface area contributed by atoms with Crippen molar-refractivity contribution in [3.63, 3.8) is 0 Å². The van der Waals surface area contributed by atoms with Crippen molar-refractivity contribution >= 4 is 17.6 Å². The van der Waals surface area contributed by atoms with Crippen LogP contribution in [0.15, 0.2) is 42.5 Å². The number of nitrogens with zero attached hydrogens (tertiary/aromatic N) is 1. The molecule has 0 radical (unpaired) electrons. The lowest BCUT2D eigenvalue weighted by Gasteiger charge is -2.17. The van der Waals surface area contributed by atoms with Crippen LogP contribution in [0.4, 0.5) is 23.7 Å². The summed E-state index contributed by atoms with van der Waals surface area (Å²) in [6, 6.07) is 9.82. The van der Waals surface area contributed by atoms with E-state index in [1.165, 1.54) is 6.07 Å². The maximum atomic E-state index is 13.1. The summed E-state index contributed by atoms with van der Waals surface area (Å²) in [6.07, 6.45) is -2.43. The molecule has 2 aromatic rings. The van der Waals surface area contributed by atoms with Crippen LogP contribution in [0.25, 0.3) is 0 Å². The number of amides is 3. The Hall–Kier alpha value is -3.23. The lowest BCUT2D eigenvalue weighted by Crippen LogP contribution is -2.28. The van der Waals surface area contributed by atoms with Gasteiger partial charge in [-0.1, -0.05) is 31.2 Å². The third kappa shape index (κ3) is 6.38. The minimum Gasteiger partial charge on any atom is -0.491 e. The molecule has 2 N–H and O–H groups in total. The van der Waals surface area contributed by atoms with Crippen molar-refractivity contribution < 1.29 is 27.5 Å². The van der Waals surface area contributed by atoms with Crippen molar-refractivity contribution in [3.8, 4) is 5.75 Å². The number of halogens is 3. The Kier molecular flexibility index (Phi) is 7.61. The lowest BCUT2D eigenvalue weighted by atomic mass is 10.1. The number of likely N-dealkylation sites (tertiary alicyclic amines) is 1. The molecular weight excluding hydrogens is 423 g/mol. The number of hydrogen-bond acceptors (Lipinski definition) is 3. The molecule has 0 aromatic heterocycles. The second-order valence-electron chi connectivity index (χ2n) is 7.60. The quantitative estimate of drug-likeness (QED) is 0.600. The van der Waals surface area contributed by atoms with E-state index < -0.39 is 17.8 Å². The fourth-order valence-corrected chi connectivity index (χ4v) is 3.42. The van der Waals surface area contributed by atoms with E-state index in [4.69, 9.17) is 4.74 Å². The van der Waals surface area contributed by atoms with Crippen LogP contribution < -0.4 is 15.4 Å². The maximum Gasteiger partial charge on any atom is 0.416 e. The van der Waals surface area contributed by atoms with Crippen molar-refractivity contribution in [3.05, 3.63) is 59.2 Å². The fourth-order valence-electron chi connectivity index (χ4n) is 3.42. The van der Waals surface area contributed by atoms with E-state index in [2.05, 4.69) is 10.6 Å². The van der Waals surface area contributed by atoms with Gasteiger partial charge in [-0.2, -0.15) is 13.2 Å². The van der Waals surface area contributed by atoms with E-state index in [-0.39, 0.29) is 23.9 Å². The van der Waals surface area contributed by atoms with E-state index in [0.29, 0.717) is 26.0 Å². The molecule has 2 aromatic carbocycles. The number of benzene rings is 2. The van der Waals surface area contributed by atoms with Gasteiger partial charge in [-0.05, 0) is 42.2 Å². The van der Waals surface area contributed by atoms with Crippen LogP contribution in [0.3, 0.4) is 0 Å². The highest BCUT2D eigenvalue weighted by Gasteiger charge is 2.31. The summed E-state index contributed by atoms with van der Waals surface area (Å²) in [5.74, 6) is 0.308. The van der Waals surface area contributed by atoms with Gasteiger partial charge in [0.25, 0.3) is 0 Å². The molecule has 1 fully saturated rings. The monoisotopic (exact) mass is 449 g/mol. The predicted octanol–water partition coefficient (Wildman–Crippen LogP) is 4.94. The topological polar surface area (TPSA) is 70.7 Å². The van der Waals surface area contributed by atoms with Crippen molar-refractivity contribution in [1.82, 2.24) is 10.2 Å². The number of hydrogen-bond donors (Lipinski definition) is 2. The fraction of sp³-hybridized carbons (Fsp3) is 0.391. The molecule has 1 aliphatic rings.